The largest absolute Gasteiger partial charge is 0.492 e. The van der Waals surface area contributed by atoms with Crippen LogP contribution in [0.25, 0.3) is 6.08 Å². The molecule has 0 unspecified atom stereocenters. The molecule has 0 bridgehead atoms. The molecule has 0 aliphatic rings. The summed E-state index contributed by atoms with van der Waals surface area (Å²) in [4.78, 5) is 23.3. The first-order valence-electron chi connectivity index (χ1n) is 7.85. The zero-order valence-electron chi connectivity index (χ0n) is 14.1. The van der Waals surface area contributed by atoms with Crippen molar-refractivity contribution in [2.75, 3.05) is 6.61 Å². The van der Waals surface area contributed by atoms with Crippen molar-refractivity contribution < 1.29 is 18.7 Å². The van der Waals surface area contributed by atoms with Gasteiger partial charge in [0.15, 0.2) is 0 Å². The molecular weight excluding hydrogens is 379 g/mol. The van der Waals surface area contributed by atoms with E-state index in [0.717, 1.165) is 5.76 Å². The number of hydrogen-bond donors (Lipinski definition) is 2. The molecule has 0 saturated heterocycles. The van der Waals surface area contributed by atoms with E-state index in [2.05, 4.69) is 10.9 Å². The fourth-order valence-electron chi connectivity index (χ4n) is 1.94. The summed E-state index contributed by atoms with van der Waals surface area (Å²) in [7, 11) is 0. The molecule has 0 saturated carbocycles. The lowest BCUT2D eigenvalue weighted by molar-refractivity contribution is -0.126. The predicted octanol–water partition coefficient (Wildman–Crippen LogP) is 3.91. The summed E-state index contributed by atoms with van der Waals surface area (Å²) in [5.74, 6) is 1.02. The molecule has 0 aliphatic carbocycles. The van der Waals surface area contributed by atoms with Crippen LogP contribution in [0, 0.1) is 6.92 Å². The van der Waals surface area contributed by atoms with Crippen LogP contribution in [-0.4, -0.2) is 18.4 Å². The Morgan fingerprint density at radius 2 is 2.00 bits per heavy atom. The van der Waals surface area contributed by atoms with Gasteiger partial charge in [0.2, 0.25) is 5.91 Å². The smallest absolute Gasteiger partial charge is 0.262 e. The van der Waals surface area contributed by atoms with Crippen molar-refractivity contribution in [2.45, 2.75) is 19.8 Å². The van der Waals surface area contributed by atoms with Gasteiger partial charge in [-0.25, -0.2) is 0 Å². The number of hydrazine groups is 1. The van der Waals surface area contributed by atoms with Crippen LogP contribution in [0.15, 0.2) is 40.8 Å². The van der Waals surface area contributed by atoms with Crippen LogP contribution in [0.2, 0.25) is 10.0 Å². The number of amides is 2. The highest BCUT2D eigenvalue weighted by Gasteiger charge is 2.05. The molecule has 1 aromatic carbocycles. The Bertz CT molecular complexity index is 802. The summed E-state index contributed by atoms with van der Waals surface area (Å²) in [6, 6.07) is 8.45. The summed E-state index contributed by atoms with van der Waals surface area (Å²) < 4.78 is 10.8. The van der Waals surface area contributed by atoms with Gasteiger partial charge in [0, 0.05) is 17.5 Å². The van der Waals surface area contributed by atoms with E-state index in [4.69, 9.17) is 32.4 Å². The van der Waals surface area contributed by atoms with Crippen molar-refractivity contribution in [3.8, 4) is 5.75 Å². The molecule has 0 atom stereocenters. The summed E-state index contributed by atoms with van der Waals surface area (Å²) in [5.41, 5.74) is 4.61. The monoisotopic (exact) mass is 396 g/mol. The molecule has 2 rings (SSSR count). The van der Waals surface area contributed by atoms with Crippen LogP contribution in [-0.2, 0) is 9.59 Å². The quantitative estimate of drug-likeness (QED) is 0.422. The van der Waals surface area contributed by atoms with Crippen molar-refractivity contribution in [3.63, 3.8) is 0 Å². The Morgan fingerprint density at radius 1 is 1.19 bits per heavy atom. The van der Waals surface area contributed by atoms with E-state index >= 15 is 0 Å². The van der Waals surface area contributed by atoms with Crippen LogP contribution in [0.5, 0.6) is 5.75 Å². The van der Waals surface area contributed by atoms with Gasteiger partial charge in [-0.05, 0) is 49.8 Å². The standard InChI is InChI=1S/C18H18Cl2N2O4/c1-12-4-6-14(26-12)7-9-18(24)22-21-17(23)3-2-10-25-16-8-5-13(19)11-15(16)20/h4-9,11H,2-3,10H2,1H3,(H,21,23)(H,22,24). The van der Waals surface area contributed by atoms with Gasteiger partial charge in [0.1, 0.15) is 17.3 Å². The minimum Gasteiger partial charge on any atom is -0.492 e. The number of carbonyl (C=O) groups excluding carboxylic acids is 2. The van der Waals surface area contributed by atoms with E-state index < -0.39 is 5.91 Å². The molecule has 0 radical (unpaired) electrons. The molecule has 0 fully saturated rings. The molecule has 138 valence electrons. The number of halogens is 2. The van der Waals surface area contributed by atoms with E-state index in [0.29, 0.717) is 34.6 Å². The third kappa shape index (κ3) is 6.82. The molecule has 8 heteroatoms. The Hall–Kier alpha value is -2.44. The highest BCUT2D eigenvalue weighted by molar-refractivity contribution is 6.35. The van der Waals surface area contributed by atoms with Crippen LogP contribution in [0.4, 0.5) is 0 Å². The minimum atomic E-state index is -0.461. The topological polar surface area (TPSA) is 80.6 Å². The average molecular weight is 397 g/mol. The maximum Gasteiger partial charge on any atom is 0.262 e. The van der Waals surface area contributed by atoms with E-state index in [1.54, 1.807) is 30.3 Å². The summed E-state index contributed by atoms with van der Waals surface area (Å²) in [6.07, 6.45) is 3.43. The Morgan fingerprint density at radius 3 is 2.69 bits per heavy atom. The maximum atomic E-state index is 11.7. The summed E-state index contributed by atoms with van der Waals surface area (Å²) >= 11 is 11.8. The second kappa shape index (κ2) is 9.89. The number of benzene rings is 1. The molecule has 1 aromatic heterocycles. The van der Waals surface area contributed by atoms with Crippen LogP contribution >= 0.6 is 23.2 Å². The molecule has 0 aliphatic heterocycles. The highest BCUT2D eigenvalue weighted by Crippen LogP contribution is 2.27. The van der Waals surface area contributed by atoms with E-state index in [1.165, 1.54) is 12.2 Å². The van der Waals surface area contributed by atoms with Crippen molar-refractivity contribution in [2.24, 2.45) is 0 Å². The van der Waals surface area contributed by atoms with Gasteiger partial charge < -0.3 is 9.15 Å². The molecule has 2 aromatic rings. The molecule has 6 nitrogen and oxygen atoms in total. The van der Waals surface area contributed by atoms with Crippen LogP contribution in [0.3, 0.4) is 0 Å². The Balaban J connectivity index is 1.62. The second-order valence-corrected chi connectivity index (χ2v) is 6.19. The molecule has 0 spiro atoms. The van der Waals surface area contributed by atoms with Gasteiger partial charge in [-0.2, -0.15) is 0 Å². The van der Waals surface area contributed by atoms with Gasteiger partial charge in [-0.15, -0.1) is 0 Å². The van der Waals surface area contributed by atoms with E-state index in [-0.39, 0.29) is 12.3 Å². The third-order valence-electron chi connectivity index (χ3n) is 3.18. The van der Waals surface area contributed by atoms with Crippen molar-refractivity contribution in [3.05, 3.63) is 58.0 Å². The van der Waals surface area contributed by atoms with Crippen molar-refractivity contribution in [1.82, 2.24) is 10.9 Å². The van der Waals surface area contributed by atoms with Crippen molar-refractivity contribution >= 4 is 41.1 Å². The number of nitrogens with one attached hydrogen (secondary N) is 2. The van der Waals surface area contributed by atoms with Crippen LogP contribution < -0.4 is 15.6 Å². The molecular formula is C18H18Cl2N2O4. The van der Waals surface area contributed by atoms with Gasteiger partial charge in [-0.3, -0.25) is 20.4 Å². The van der Waals surface area contributed by atoms with Gasteiger partial charge in [0.05, 0.1) is 11.6 Å². The summed E-state index contributed by atoms with van der Waals surface area (Å²) in [5, 5.41) is 0.932. The second-order valence-electron chi connectivity index (χ2n) is 5.35. The number of furan rings is 1. The highest BCUT2D eigenvalue weighted by atomic mass is 35.5. The first-order chi connectivity index (χ1) is 12.4. The Kier molecular flexibility index (Phi) is 7.56. The molecule has 26 heavy (non-hydrogen) atoms. The van der Waals surface area contributed by atoms with Gasteiger partial charge in [-0.1, -0.05) is 23.2 Å². The van der Waals surface area contributed by atoms with Crippen molar-refractivity contribution in [1.29, 1.82) is 0 Å². The minimum absolute atomic E-state index is 0.187. The number of rotatable bonds is 7. The molecule has 2 N–H and O–H groups in total. The predicted molar refractivity (Wildman–Crippen MR) is 100.0 cm³/mol. The fraction of sp³-hybridized carbons (Fsp3) is 0.222. The van der Waals surface area contributed by atoms with E-state index in [9.17, 15) is 9.59 Å². The number of ether oxygens (including phenoxy) is 1. The lowest BCUT2D eigenvalue weighted by Crippen LogP contribution is -2.40. The summed E-state index contributed by atoms with van der Waals surface area (Å²) in [6.45, 7) is 2.11. The lowest BCUT2D eigenvalue weighted by Gasteiger charge is -2.08. The first-order valence-corrected chi connectivity index (χ1v) is 8.61. The maximum absolute atomic E-state index is 11.7. The zero-order chi connectivity index (χ0) is 18.9. The number of carbonyl (C=O) groups is 2. The SMILES string of the molecule is Cc1ccc(C=CC(=O)NNC(=O)CCCOc2ccc(Cl)cc2Cl)o1. The molecule has 2 amide bonds. The Labute approximate surface area is 161 Å². The third-order valence-corrected chi connectivity index (χ3v) is 3.72. The molecule has 1 heterocycles. The number of aryl methyl sites for hydroxylation is 1. The first kappa shape index (κ1) is 19.9. The lowest BCUT2D eigenvalue weighted by atomic mass is 10.3. The fourth-order valence-corrected chi connectivity index (χ4v) is 2.41. The van der Waals surface area contributed by atoms with Gasteiger partial charge in [0.25, 0.3) is 5.91 Å². The van der Waals surface area contributed by atoms with Crippen LogP contribution in [0.1, 0.15) is 24.4 Å². The average Bonchev–Trinajstić information content (AvgIpc) is 3.02. The number of hydrogen-bond acceptors (Lipinski definition) is 4. The van der Waals surface area contributed by atoms with E-state index in [1.807, 2.05) is 6.92 Å². The zero-order valence-corrected chi connectivity index (χ0v) is 15.6. The normalized spacial score (nSPS) is 10.7. The van der Waals surface area contributed by atoms with Gasteiger partial charge >= 0.3 is 0 Å².